The summed E-state index contributed by atoms with van der Waals surface area (Å²) in [6.07, 6.45) is 1.34. The molecule has 1 aromatic heterocycles. The third kappa shape index (κ3) is 3.65. The minimum atomic E-state index is -2.87. The van der Waals surface area contributed by atoms with Gasteiger partial charge < -0.3 is 14.0 Å². The van der Waals surface area contributed by atoms with E-state index in [1.807, 2.05) is 23.7 Å². The highest BCUT2D eigenvalue weighted by atomic mass is 35.5. The van der Waals surface area contributed by atoms with Crippen LogP contribution in [0, 0.1) is 5.92 Å². The van der Waals surface area contributed by atoms with E-state index in [0.717, 1.165) is 16.5 Å². The van der Waals surface area contributed by atoms with Gasteiger partial charge >= 0.3 is 0 Å². The van der Waals surface area contributed by atoms with Crippen molar-refractivity contribution in [2.24, 2.45) is 13.0 Å². The summed E-state index contributed by atoms with van der Waals surface area (Å²) >= 11 is 7.76. The highest BCUT2D eigenvalue weighted by Gasteiger charge is 2.29. The topological polar surface area (TPSA) is 83.3 Å². The molecule has 1 aromatic carbocycles. The van der Waals surface area contributed by atoms with Crippen molar-refractivity contribution in [1.29, 1.82) is 0 Å². The standard InChI is InChI=1S/C16H18ClN3O4S2/c1-20-14(6-10-2-3-26(21,22)8-10)18-19-16(20)25-7-11-4-12(17)15-13(5-11)23-9-24-15/h4-5,10H,2-3,6-9H2,1H3. The largest absolute Gasteiger partial charge is 0.454 e. The van der Waals surface area contributed by atoms with Crippen molar-refractivity contribution in [3.8, 4) is 11.5 Å². The molecule has 0 N–H and O–H groups in total. The Kier molecular flexibility index (Phi) is 4.79. The van der Waals surface area contributed by atoms with Crippen LogP contribution in [0.3, 0.4) is 0 Å². The van der Waals surface area contributed by atoms with E-state index < -0.39 is 9.84 Å². The van der Waals surface area contributed by atoms with Gasteiger partial charge in [-0.25, -0.2) is 8.42 Å². The maximum atomic E-state index is 11.6. The lowest BCUT2D eigenvalue weighted by Gasteiger charge is -2.08. The number of hydrogen-bond acceptors (Lipinski definition) is 7. The molecule has 7 nitrogen and oxygen atoms in total. The first-order valence-electron chi connectivity index (χ1n) is 8.21. The van der Waals surface area contributed by atoms with Crippen molar-refractivity contribution in [3.63, 3.8) is 0 Å². The van der Waals surface area contributed by atoms with Crippen LogP contribution in [0.4, 0.5) is 0 Å². The normalized spacial score (nSPS) is 20.6. The number of benzene rings is 1. The highest BCUT2D eigenvalue weighted by molar-refractivity contribution is 7.98. The SMILES string of the molecule is Cn1c(CC2CCS(=O)(=O)C2)nnc1SCc1cc(Cl)c2c(c1)OCO2. The number of halogens is 1. The number of aromatic nitrogens is 3. The Morgan fingerprint density at radius 3 is 2.96 bits per heavy atom. The van der Waals surface area contributed by atoms with Gasteiger partial charge in [0.15, 0.2) is 26.5 Å². The van der Waals surface area contributed by atoms with E-state index in [4.69, 9.17) is 21.1 Å². The molecule has 2 aliphatic rings. The molecular weight excluding hydrogens is 398 g/mol. The van der Waals surface area contributed by atoms with Gasteiger partial charge in [0.25, 0.3) is 0 Å². The second-order valence-corrected chi connectivity index (χ2v) is 10.1. The molecule has 4 rings (SSSR count). The second-order valence-electron chi connectivity index (χ2n) is 6.53. The predicted octanol–water partition coefficient (Wildman–Crippen LogP) is 2.47. The molecule has 2 aromatic rings. The van der Waals surface area contributed by atoms with Crippen LogP contribution < -0.4 is 9.47 Å². The van der Waals surface area contributed by atoms with E-state index in [1.165, 1.54) is 0 Å². The van der Waals surface area contributed by atoms with Crippen LogP contribution >= 0.6 is 23.4 Å². The number of ether oxygens (including phenoxy) is 2. The molecule has 1 atom stereocenters. The van der Waals surface area contributed by atoms with E-state index in [-0.39, 0.29) is 24.2 Å². The van der Waals surface area contributed by atoms with Crippen LogP contribution in [0.15, 0.2) is 17.3 Å². The molecule has 3 heterocycles. The van der Waals surface area contributed by atoms with Gasteiger partial charge in [-0.1, -0.05) is 23.4 Å². The van der Waals surface area contributed by atoms with Crippen LogP contribution in [0.1, 0.15) is 17.8 Å². The van der Waals surface area contributed by atoms with Gasteiger partial charge in [0.1, 0.15) is 5.82 Å². The van der Waals surface area contributed by atoms with Gasteiger partial charge in [0.2, 0.25) is 6.79 Å². The molecule has 140 valence electrons. The van der Waals surface area contributed by atoms with Gasteiger partial charge in [-0.05, 0) is 30.0 Å². The first-order valence-corrected chi connectivity index (χ1v) is 11.4. The summed E-state index contributed by atoms with van der Waals surface area (Å²) in [6, 6.07) is 3.78. The maximum Gasteiger partial charge on any atom is 0.231 e. The van der Waals surface area contributed by atoms with Crippen molar-refractivity contribution >= 4 is 33.2 Å². The molecule has 0 radical (unpaired) electrons. The average Bonchev–Trinajstić information content (AvgIpc) is 3.27. The first kappa shape index (κ1) is 17.9. The number of sulfone groups is 1. The Morgan fingerprint density at radius 2 is 2.19 bits per heavy atom. The van der Waals surface area contributed by atoms with Gasteiger partial charge in [0.05, 0.1) is 16.5 Å². The summed E-state index contributed by atoms with van der Waals surface area (Å²) in [4.78, 5) is 0. The summed E-state index contributed by atoms with van der Waals surface area (Å²) in [5.41, 5.74) is 1.01. The van der Waals surface area contributed by atoms with Crippen LogP contribution in [-0.2, 0) is 29.1 Å². The summed E-state index contributed by atoms with van der Waals surface area (Å²) in [6.45, 7) is 0.190. The fraction of sp³-hybridized carbons (Fsp3) is 0.500. The third-order valence-electron chi connectivity index (χ3n) is 4.58. The zero-order valence-electron chi connectivity index (χ0n) is 14.1. The maximum absolute atomic E-state index is 11.6. The molecule has 1 saturated heterocycles. The summed E-state index contributed by atoms with van der Waals surface area (Å²) in [5.74, 6) is 3.40. The number of thioether (sulfide) groups is 1. The molecule has 0 aliphatic carbocycles. The van der Waals surface area contributed by atoms with Crippen molar-refractivity contribution in [3.05, 3.63) is 28.5 Å². The summed E-state index contributed by atoms with van der Waals surface area (Å²) < 4.78 is 35.9. The molecule has 1 fully saturated rings. The molecule has 26 heavy (non-hydrogen) atoms. The monoisotopic (exact) mass is 415 g/mol. The lowest BCUT2D eigenvalue weighted by molar-refractivity contribution is 0.174. The highest BCUT2D eigenvalue weighted by Crippen LogP contribution is 2.40. The van der Waals surface area contributed by atoms with Gasteiger partial charge in [-0.2, -0.15) is 0 Å². The van der Waals surface area contributed by atoms with E-state index in [1.54, 1.807) is 11.8 Å². The van der Waals surface area contributed by atoms with E-state index in [0.29, 0.717) is 35.1 Å². The second kappa shape index (κ2) is 6.94. The average molecular weight is 416 g/mol. The lowest BCUT2D eigenvalue weighted by atomic mass is 10.1. The smallest absolute Gasteiger partial charge is 0.231 e. The number of rotatable bonds is 5. The summed E-state index contributed by atoms with van der Waals surface area (Å²) in [7, 11) is -0.964. The number of fused-ring (bicyclic) bond motifs is 1. The van der Waals surface area contributed by atoms with Gasteiger partial charge in [-0.3, -0.25) is 0 Å². The molecule has 0 spiro atoms. The fourth-order valence-electron chi connectivity index (χ4n) is 3.19. The molecule has 2 aliphatic heterocycles. The molecule has 10 heteroatoms. The Bertz CT molecular complexity index is 945. The molecular formula is C16H18ClN3O4S2. The van der Waals surface area contributed by atoms with E-state index in [2.05, 4.69) is 10.2 Å². The predicted molar refractivity (Wildman–Crippen MR) is 98.6 cm³/mol. The van der Waals surface area contributed by atoms with Crippen LogP contribution in [0.5, 0.6) is 11.5 Å². The van der Waals surface area contributed by atoms with E-state index in [9.17, 15) is 8.42 Å². The van der Waals surface area contributed by atoms with Crippen molar-refractivity contribution in [2.45, 2.75) is 23.8 Å². The van der Waals surface area contributed by atoms with Gasteiger partial charge in [0, 0.05) is 19.2 Å². The summed E-state index contributed by atoms with van der Waals surface area (Å²) in [5, 5.41) is 9.81. The zero-order chi connectivity index (χ0) is 18.3. The Hall–Kier alpha value is -1.45. The van der Waals surface area contributed by atoms with Crippen LogP contribution in [0.2, 0.25) is 5.02 Å². The molecule has 1 unspecified atom stereocenters. The number of hydrogen-bond donors (Lipinski definition) is 0. The molecule has 0 amide bonds. The first-order chi connectivity index (χ1) is 12.4. The number of nitrogens with zero attached hydrogens (tertiary/aromatic N) is 3. The van der Waals surface area contributed by atoms with Crippen LogP contribution in [-0.4, -0.2) is 41.5 Å². The quantitative estimate of drug-likeness (QED) is 0.693. The van der Waals surface area contributed by atoms with Gasteiger partial charge in [-0.15, -0.1) is 10.2 Å². The zero-order valence-corrected chi connectivity index (χ0v) is 16.5. The Labute approximate surface area is 161 Å². The van der Waals surface area contributed by atoms with E-state index >= 15 is 0 Å². The minimum absolute atomic E-state index is 0.133. The molecule has 0 bridgehead atoms. The Balaban J connectivity index is 1.42. The van der Waals surface area contributed by atoms with Crippen molar-refractivity contribution in [1.82, 2.24) is 14.8 Å². The van der Waals surface area contributed by atoms with Crippen molar-refractivity contribution < 1.29 is 17.9 Å². The van der Waals surface area contributed by atoms with Crippen molar-refractivity contribution in [2.75, 3.05) is 18.3 Å². The Morgan fingerprint density at radius 1 is 1.35 bits per heavy atom. The molecule has 0 saturated carbocycles. The fourth-order valence-corrected chi connectivity index (χ4v) is 6.20. The van der Waals surface area contributed by atoms with Crippen LogP contribution in [0.25, 0.3) is 0 Å². The third-order valence-corrected chi connectivity index (χ3v) is 7.79. The lowest BCUT2D eigenvalue weighted by Crippen LogP contribution is -2.11. The minimum Gasteiger partial charge on any atom is -0.454 e.